The minimum atomic E-state index is 0.0294. The predicted molar refractivity (Wildman–Crippen MR) is 107 cm³/mol. The molecule has 1 aromatic carbocycles. The summed E-state index contributed by atoms with van der Waals surface area (Å²) in [6.45, 7) is 8.79. The highest BCUT2D eigenvalue weighted by atomic mass is 16.1. The zero-order chi connectivity index (χ0) is 19.0. The normalized spacial score (nSPS) is 15.8. The molecule has 0 amide bonds. The van der Waals surface area contributed by atoms with Gasteiger partial charge in [0.1, 0.15) is 0 Å². The first-order valence-corrected chi connectivity index (χ1v) is 9.46. The van der Waals surface area contributed by atoms with Gasteiger partial charge in [0.15, 0.2) is 0 Å². The largest absolute Gasteiger partial charge is 0.369 e. The van der Waals surface area contributed by atoms with Crippen LogP contribution in [0.2, 0.25) is 0 Å². The Morgan fingerprint density at radius 3 is 2.52 bits per heavy atom. The van der Waals surface area contributed by atoms with E-state index in [1.54, 1.807) is 10.9 Å². The van der Waals surface area contributed by atoms with Crippen molar-refractivity contribution in [1.82, 2.24) is 24.0 Å². The number of piperazine rings is 1. The molecule has 0 atom stereocenters. The van der Waals surface area contributed by atoms with Crippen LogP contribution in [0.25, 0.3) is 10.9 Å². The standard InChI is InChI=1S/C20H26N6O/c1-15(2)26-14-22-19-10-17(4-5-18(19)20(26)27)25-8-6-24(7-9-25)12-16-11-23(3)13-21-16/h4-5,10-11,13-15H,6-9,12H2,1-3H3. The van der Waals surface area contributed by atoms with Gasteiger partial charge < -0.3 is 9.47 Å². The number of aryl methyl sites for hydroxylation is 1. The first-order valence-electron chi connectivity index (χ1n) is 9.46. The van der Waals surface area contributed by atoms with Gasteiger partial charge in [0.25, 0.3) is 5.56 Å². The third-order valence-electron chi connectivity index (χ3n) is 5.21. The zero-order valence-corrected chi connectivity index (χ0v) is 16.2. The Kier molecular flexibility index (Phi) is 4.70. The highest BCUT2D eigenvalue weighted by Crippen LogP contribution is 2.21. The molecule has 0 spiro atoms. The zero-order valence-electron chi connectivity index (χ0n) is 16.2. The molecule has 2 aromatic heterocycles. The lowest BCUT2D eigenvalue weighted by molar-refractivity contribution is 0.247. The summed E-state index contributed by atoms with van der Waals surface area (Å²) in [6, 6.07) is 6.11. The van der Waals surface area contributed by atoms with E-state index in [0.29, 0.717) is 5.39 Å². The van der Waals surface area contributed by atoms with Gasteiger partial charge in [0.05, 0.1) is 29.3 Å². The smallest absolute Gasteiger partial charge is 0.261 e. The monoisotopic (exact) mass is 366 g/mol. The van der Waals surface area contributed by atoms with Crippen molar-refractivity contribution in [2.45, 2.75) is 26.4 Å². The average molecular weight is 366 g/mol. The summed E-state index contributed by atoms with van der Waals surface area (Å²) in [4.78, 5) is 26.3. The number of nitrogens with zero attached hydrogens (tertiary/aromatic N) is 6. The quantitative estimate of drug-likeness (QED) is 0.707. The van der Waals surface area contributed by atoms with Gasteiger partial charge in [-0.25, -0.2) is 9.97 Å². The molecule has 0 bridgehead atoms. The van der Waals surface area contributed by atoms with E-state index < -0.39 is 0 Å². The molecule has 0 radical (unpaired) electrons. The Labute approximate surface area is 158 Å². The van der Waals surface area contributed by atoms with Crippen molar-refractivity contribution in [3.8, 4) is 0 Å². The van der Waals surface area contributed by atoms with Crippen LogP contribution in [0.15, 0.2) is 41.8 Å². The van der Waals surface area contributed by atoms with Crippen LogP contribution in [-0.4, -0.2) is 50.2 Å². The molecule has 142 valence electrons. The van der Waals surface area contributed by atoms with Crippen molar-refractivity contribution in [2.24, 2.45) is 7.05 Å². The van der Waals surface area contributed by atoms with Crippen LogP contribution >= 0.6 is 0 Å². The molecule has 1 fully saturated rings. The number of imidazole rings is 1. The number of hydrogen-bond acceptors (Lipinski definition) is 5. The molecule has 3 heterocycles. The van der Waals surface area contributed by atoms with Gasteiger partial charge in [0, 0.05) is 57.7 Å². The van der Waals surface area contributed by atoms with Crippen molar-refractivity contribution in [3.63, 3.8) is 0 Å². The minimum absolute atomic E-state index is 0.0294. The van der Waals surface area contributed by atoms with Crippen molar-refractivity contribution in [2.75, 3.05) is 31.1 Å². The number of benzene rings is 1. The number of aromatic nitrogens is 4. The fourth-order valence-electron chi connectivity index (χ4n) is 3.63. The van der Waals surface area contributed by atoms with E-state index in [9.17, 15) is 4.79 Å². The van der Waals surface area contributed by atoms with Crippen molar-refractivity contribution < 1.29 is 0 Å². The lowest BCUT2D eigenvalue weighted by Crippen LogP contribution is -2.46. The van der Waals surface area contributed by atoms with Crippen LogP contribution in [0.3, 0.4) is 0 Å². The molecule has 27 heavy (non-hydrogen) atoms. The highest BCUT2D eigenvalue weighted by Gasteiger charge is 2.19. The summed E-state index contributed by atoms with van der Waals surface area (Å²) < 4.78 is 3.67. The first kappa shape index (κ1) is 17.7. The van der Waals surface area contributed by atoms with Gasteiger partial charge in [-0.2, -0.15) is 0 Å². The van der Waals surface area contributed by atoms with Crippen molar-refractivity contribution >= 4 is 16.6 Å². The fraction of sp³-hybridized carbons (Fsp3) is 0.450. The van der Waals surface area contributed by atoms with Gasteiger partial charge in [0.2, 0.25) is 0 Å². The Balaban J connectivity index is 1.47. The maximum Gasteiger partial charge on any atom is 0.261 e. The number of hydrogen-bond donors (Lipinski definition) is 0. The molecule has 0 N–H and O–H groups in total. The van der Waals surface area contributed by atoms with E-state index in [1.807, 2.05) is 50.0 Å². The maximum atomic E-state index is 12.6. The summed E-state index contributed by atoms with van der Waals surface area (Å²) in [5.41, 5.74) is 3.04. The second kappa shape index (κ2) is 7.15. The Morgan fingerprint density at radius 1 is 1.07 bits per heavy atom. The van der Waals surface area contributed by atoms with Gasteiger partial charge in [-0.05, 0) is 32.0 Å². The molecule has 4 rings (SSSR count). The molecule has 1 aliphatic heterocycles. The van der Waals surface area contributed by atoms with E-state index in [4.69, 9.17) is 0 Å². The van der Waals surface area contributed by atoms with Crippen LogP contribution in [0, 0.1) is 0 Å². The molecule has 1 aliphatic rings. The molecule has 3 aromatic rings. The van der Waals surface area contributed by atoms with Crippen molar-refractivity contribution in [3.05, 3.63) is 53.1 Å². The average Bonchev–Trinajstić information content (AvgIpc) is 3.07. The Morgan fingerprint density at radius 2 is 1.85 bits per heavy atom. The molecular weight excluding hydrogens is 340 g/mol. The van der Waals surface area contributed by atoms with E-state index in [2.05, 4.69) is 26.0 Å². The van der Waals surface area contributed by atoms with Crippen LogP contribution in [0.4, 0.5) is 5.69 Å². The van der Waals surface area contributed by atoms with Gasteiger partial charge in [-0.3, -0.25) is 14.3 Å². The maximum absolute atomic E-state index is 12.6. The summed E-state index contributed by atoms with van der Waals surface area (Å²) in [5, 5.41) is 0.684. The SMILES string of the molecule is CC(C)n1cnc2cc(N3CCN(Cc4cn(C)cn4)CC3)ccc2c1=O. The summed E-state index contributed by atoms with van der Waals surface area (Å²) in [6.07, 6.45) is 5.58. The van der Waals surface area contributed by atoms with Gasteiger partial charge in [-0.15, -0.1) is 0 Å². The number of fused-ring (bicyclic) bond motifs is 1. The number of rotatable bonds is 4. The summed E-state index contributed by atoms with van der Waals surface area (Å²) >= 11 is 0. The van der Waals surface area contributed by atoms with Crippen molar-refractivity contribution in [1.29, 1.82) is 0 Å². The molecule has 0 unspecified atom stereocenters. The third-order valence-corrected chi connectivity index (χ3v) is 5.21. The third kappa shape index (κ3) is 3.60. The minimum Gasteiger partial charge on any atom is -0.369 e. The van der Waals surface area contributed by atoms with Crippen LogP contribution in [0.5, 0.6) is 0 Å². The highest BCUT2D eigenvalue weighted by molar-refractivity contribution is 5.81. The molecule has 0 saturated carbocycles. The second-order valence-corrected chi connectivity index (χ2v) is 7.55. The number of anilines is 1. The van der Waals surface area contributed by atoms with Gasteiger partial charge in [-0.1, -0.05) is 0 Å². The van der Waals surface area contributed by atoms with E-state index in [0.717, 1.165) is 49.6 Å². The fourth-order valence-corrected chi connectivity index (χ4v) is 3.63. The lowest BCUT2D eigenvalue weighted by atomic mass is 10.2. The Bertz CT molecular complexity index is 997. The van der Waals surface area contributed by atoms with E-state index in [1.165, 1.54) is 0 Å². The topological polar surface area (TPSA) is 59.2 Å². The van der Waals surface area contributed by atoms with Crippen LogP contribution in [-0.2, 0) is 13.6 Å². The molecule has 1 saturated heterocycles. The van der Waals surface area contributed by atoms with E-state index >= 15 is 0 Å². The van der Waals surface area contributed by atoms with E-state index in [-0.39, 0.29) is 11.6 Å². The van der Waals surface area contributed by atoms with Gasteiger partial charge >= 0.3 is 0 Å². The second-order valence-electron chi connectivity index (χ2n) is 7.55. The molecule has 0 aliphatic carbocycles. The molecule has 7 nitrogen and oxygen atoms in total. The van der Waals surface area contributed by atoms with Crippen LogP contribution < -0.4 is 10.5 Å². The first-order chi connectivity index (χ1) is 13.0. The summed E-state index contributed by atoms with van der Waals surface area (Å²) in [7, 11) is 2.00. The predicted octanol–water partition coefficient (Wildman–Crippen LogP) is 2.03. The molecular formula is C20H26N6O. The summed E-state index contributed by atoms with van der Waals surface area (Å²) in [5.74, 6) is 0. The molecule has 7 heteroatoms. The lowest BCUT2D eigenvalue weighted by Gasteiger charge is -2.35. The van der Waals surface area contributed by atoms with Crippen LogP contribution in [0.1, 0.15) is 25.6 Å². The Hall–Kier alpha value is -2.67.